The van der Waals surface area contributed by atoms with Gasteiger partial charge in [-0.25, -0.2) is 4.39 Å². The van der Waals surface area contributed by atoms with E-state index >= 15 is 0 Å². The van der Waals surface area contributed by atoms with Crippen molar-refractivity contribution in [1.29, 1.82) is 0 Å². The molecule has 0 spiro atoms. The molecule has 0 aromatic heterocycles. The summed E-state index contributed by atoms with van der Waals surface area (Å²) >= 11 is 0. The molecule has 2 nitrogen and oxygen atoms in total. The summed E-state index contributed by atoms with van der Waals surface area (Å²) in [6.45, 7) is 4.30. The highest BCUT2D eigenvalue weighted by Crippen LogP contribution is 2.64. The van der Waals surface area contributed by atoms with Gasteiger partial charge in [-0.3, -0.25) is 4.79 Å². The Morgan fingerprint density at radius 3 is 2.73 bits per heavy atom. The molecule has 4 rings (SSSR count). The molecule has 3 fully saturated rings. The third kappa shape index (κ3) is 1.72. The summed E-state index contributed by atoms with van der Waals surface area (Å²) in [5.41, 5.74) is 1.05. The molecule has 0 bridgehead atoms. The van der Waals surface area contributed by atoms with E-state index in [-0.39, 0.29) is 23.0 Å². The minimum absolute atomic E-state index is 0.0142. The van der Waals surface area contributed by atoms with Crippen LogP contribution in [0, 0.1) is 28.6 Å². The zero-order valence-corrected chi connectivity index (χ0v) is 13.6. The van der Waals surface area contributed by atoms with Gasteiger partial charge in [0.1, 0.15) is 0 Å². The fraction of sp³-hybridized carbons (Fsp3) is 0.842. The van der Waals surface area contributed by atoms with Gasteiger partial charge in [-0.05, 0) is 61.7 Å². The Labute approximate surface area is 132 Å². The van der Waals surface area contributed by atoms with Gasteiger partial charge in [0.25, 0.3) is 0 Å². The number of Topliss-reactive ketones (excluding diaryl/α,β-unsaturated/α-hetero) is 1. The van der Waals surface area contributed by atoms with Crippen LogP contribution in [0.1, 0.15) is 58.8 Å². The van der Waals surface area contributed by atoms with E-state index in [0.717, 1.165) is 19.3 Å². The van der Waals surface area contributed by atoms with E-state index in [1.807, 2.05) is 6.92 Å². The summed E-state index contributed by atoms with van der Waals surface area (Å²) in [6, 6.07) is 0. The molecule has 22 heavy (non-hydrogen) atoms. The van der Waals surface area contributed by atoms with Crippen LogP contribution in [-0.2, 0) is 4.79 Å². The molecule has 3 saturated carbocycles. The van der Waals surface area contributed by atoms with Gasteiger partial charge in [0.2, 0.25) is 0 Å². The molecule has 122 valence electrons. The normalized spacial score (nSPS) is 54.3. The monoisotopic (exact) mass is 306 g/mol. The number of rotatable bonds is 0. The van der Waals surface area contributed by atoms with Gasteiger partial charge in [0.15, 0.2) is 12.0 Å². The Balaban J connectivity index is 1.76. The van der Waals surface area contributed by atoms with E-state index in [9.17, 15) is 14.3 Å². The molecule has 0 aliphatic heterocycles. The predicted molar refractivity (Wildman–Crippen MR) is 83.0 cm³/mol. The lowest BCUT2D eigenvalue weighted by Gasteiger charge is -2.57. The SMILES string of the molecule is C[C@]12CCCCC1=CC(O)[C@@H]1[C@@H]2CC[C@]2(C)C(=O)C(F)C[C@@H]12. The summed E-state index contributed by atoms with van der Waals surface area (Å²) in [5, 5.41) is 10.8. The number of hydrogen-bond donors (Lipinski definition) is 1. The van der Waals surface area contributed by atoms with Crippen LogP contribution in [0.2, 0.25) is 0 Å². The van der Waals surface area contributed by atoms with E-state index in [1.54, 1.807) is 0 Å². The summed E-state index contributed by atoms with van der Waals surface area (Å²) in [6.07, 6.45) is 7.10. The first-order chi connectivity index (χ1) is 10.4. The standard InChI is InChI=1S/C19H27FO2/c1-18-7-4-3-5-11(18)9-15(21)16-12(18)6-8-19(2)13(16)10-14(20)17(19)22/h9,12-16,21H,3-8,10H2,1-2H3/t12-,13-,14?,15?,16+,18-,19-/m0/s1. The van der Waals surface area contributed by atoms with Crippen molar-refractivity contribution in [3.05, 3.63) is 11.6 Å². The summed E-state index contributed by atoms with van der Waals surface area (Å²) in [7, 11) is 0. The molecule has 0 saturated heterocycles. The first-order valence-corrected chi connectivity index (χ1v) is 8.95. The Morgan fingerprint density at radius 2 is 1.95 bits per heavy atom. The Morgan fingerprint density at radius 1 is 1.18 bits per heavy atom. The highest BCUT2D eigenvalue weighted by Gasteiger charge is 2.62. The lowest BCUT2D eigenvalue weighted by Crippen LogP contribution is -2.54. The van der Waals surface area contributed by atoms with Crippen LogP contribution in [0.15, 0.2) is 11.6 Å². The van der Waals surface area contributed by atoms with Crippen LogP contribution in [0.25, 0.3) is 0 Å². The largest absolute Gasteiger partial charge is 0.389 e. The first kappa shape index (κ1) is 14.9. The number of halogens is 1. The molecule has 4 aliphatic carbocycles. The highest BCUT2D eigenvalue weighted by molar-refractivity contribution is 5.91. The lowest BCUT2D eigenvalue weighted by atomic mass is 9.47. The first-order valence-electron chi connectivity index (χ1n) is 8.95. The number of aliphatic hydroxyl groups excluding tert-OH is 1. The smallest absolute Gasteiger partial charge is 0.173 e. The molecule has 2 unspecified atom stereocenters. The van der Waals surface area contributed by atoms with Gasteiger partial charge in [-0.2, -0.15) is 0 Å². The summed E-state index contributed by atoms with van der Waals surface area (Å²) in [4.78, 5) is 12.3. The van der Waals surface area contributed by atoms with Crippen molar-refractivity contribution >= 4 is 5.78 Å². The molecule has 0 heterocycles. The fourth-order valence-corrected chi connectivity index (χ4v) is 6.44. The molecule has 4 aliphatic rings. The molecule has 0 amide bonds. The van der Waals surface area contributed by atoms with Crippen LogP contribution in [0.4, 0.5) is 4.39 Å². The second kappa shape index (κ2) is 4.66. The maximum absolute atomic E-state index is 14.1. The molecule has 0 aromatic rings. The number of aliphatic hydroxyl groups is 1. The average molecular weight is 306 g/mol. The second-order valence-electron chi connectivity index (χ2n) is 8.62. The van der Waals surface area contributed by atoms with Crippen molar-refractivity contribution in [2.24, 2.45) is 28.6 Å². The molecular weight excluding hydrogens is 279 g/mol. The average Bonchev–Trinajstić information content (AvgIpc) is 2.71. The van der Waals surface area contributed by atoms with Crippen molar-refractivity contribution in [3.8, 4) is 0 Å². The van der Waals surface area contributed by atoms with Crippen LogP contribution in [0.3, 0.4) is 0 Å². The molecule has 1 N–H and O–H groups in total. The van der Waals surface area contributed by atoms with E-state index in [0.29, 0.717) is 12.3 Å². The van der Waals surface area contributed by atoms with Crippen molar-refractivity contribution < 1.29 is 14.3 Å². The van der Waals surface area contributed by atoms with E-state index in [2.05, 4.69) is 13.0 Å². The maximum atomic E-state index is 14.1. The predicted octanol–water partition coefficient (Wildman–Crippen LogP) is 3.83. The summed E-state index contributed by atoms with van der Waals surface area (Å²) < 4.78 is 14.1. The number of ketones is 1. The highest BCUT2D eigenvalue weighted by atomic mass is 19.1. The Bertz CT molecular complexity index is 542. The topological polar surface area (TPSA) is 37.3 Å². The minimum atomic E-state index is -1.31. The zero-order valence-electron chi connectivity index (χ0n) is 13.6. The summed E-state index contributed by atoms with van der Waals surface area (Å²) in [5.74, 6) is 0.293. The minimum Gasteiger partial charge on any atom is -0.389 e. The van der Waals surface area contributed by atoms with Gasteiger partial charge in [-0.1, -0.05) is 31.9 Å². The second-order valence-corrected chi connectivity index (χ2v) is 8.62. The van der Waals surface area contributed by atoms with Gasteiger partial charge in [0, 0.05) is 5.41 Å². The maximum Gasteiger partial charge on any atom is 0.173 e. The van der Waals surface area contributed by atoms with Crippen LogP contribution >= 0.6 is 0 Å². The van der Waals surface area contributed by atoms with E-state index in [4.69, 9.17) is 0 Å². The van der Waals surface area contributed by atoms with Crippen LogP contribution in [-0.4, -0.2) is 23.2 Å². The quantitative estimate of drug-likeness (QED) is 0.691. The van der Waals surface area contributed by atoms with Crippen molar-refractivity contribution in [2.45, 2.75) is 71.1 Å². The Kier molecular flexibility index (Phi) is 3.15. The molecule has 0 radical (unpaired) electrons. The number of alkyl halides is 1. The number of allylic oxidation sites excluding steroid dienone is 1. The molecular formula is C19H27FO2. The van der Waals surface area contributed by atoms with Gasteiger partial charge < -0.3 is 5.11 Å². The van der Waals surface area contributed by atoms with Gasteiger partial charge in [0.05, 0.1) is 6.10 Å². The number of carbonyl (C=O) groups is 1. The van der Waals surface area contributed by atoms with Crippen LogP contribution < -0.4 is 0 Å². The van der Waals surface area contributed by atoms with Crippen molar-refractivity contribution in [3.63, 3.8) is 0 Å². The number of carbonyl (C=O) groups excluding carboxylic acids is 1. The molecule has 0 aromatic carbocycles. The van der Waals surface area contributed by atoms with Crippen LogP contribution in [0.5, 0.6) is 0 Å². The third-order valence-electron chi connectivity index (χ3n) is 7.74. The number of fused-ring (bicyclic) bond motifs is 5. The molecule has 7 atom stereocenters. The molecule has 3 heteroatoms. The third-order valence-corrected chi connectivity index (χ3v) is 7.74. The van der Waals surface area contributed by atoms with Gasteiger partial charge in [-0.15, -0.1) is 0 Å². The zero-order chi connectivity index (χ0) is 15.7. The van der Waals surface area contributed by atoms with E-state index < -0.39 is 17.7 Å². The lowest BCUT2D eigenvalue weighted by molar-refractivity contribution is -0.137. The van der Waals surface area contributed by atoms with Crippen molar-refractivity contribution in [2.75, 3.05) is 0 Å². The number of hydrogen-bond acceptors (Lipinski definition) is 2. The van der Waals surface area contributed by atoms with E-state index in [1.165, 1.54) is 24.8 Å². The fourth-order valence-electron chi connectivity index (χ4n) is 6.44. The Hall–Kier alpha value is -0.700. The van der Waals surface area contributed by atoms with Crippen molar-refractivity contribution in [1.82, 2.24) is 0 Å². The van der Waals surface area contributed by atoms with Gasteiger partial charge >= 0.3 is 0 Å².